The maximum absolute atomic E-state index is 6.15. The van der Waals surface area contributed by atoms with Crippen LogP contribution in [0.2, 0.25) is 15.1 Å². The third kappa shape index (κ3) is 3.77. The molecule has 2 nitrogen and oxygen atoms in total. The van der Waals surface area contributed by atoms with Crippen molar-refractivity contribution in [1.29, 1.82) is 0 Å². The molecule has 0 aliphatic heterocycles. The summed E-state index contributed by atoms with van der Waals surface area (Å²) in [4.78, 5) is 0. The summed E-state index contributed by atoms with van der Waals surface area (Å²) in [7, 11) is 0. The molecular formula is C14H12Cl3NO. The van der Waals surface area contributed by atoms with E-state index in [1.54, 1.807) is 24.3 Å². The topological polar surface area (TPSA) is 35.2 Å². The second-order valence-corrected chi connectivity index (χ2v) is 5.22. The third-order valence-electron chi connectivity index (χ3n) is 2.56. The Labute approximate surface area is 127 Å². The van der Waals surface area contributed by atoms with E-state index in [2.05, 4.69) is 0 Å². The standard InChI is InChI=1S/C14H12Cl3NO/c15-10-2-4-14(13(17)7-10)19-11-3-1-9(5-6-18)12(16)8-11/h1-4,7-8H,5-6,18H2. The van der Waals surface area contributed by atoms with Gasteiger partial charge in [0.1, 0.15) is 11.5 Å². The van der Waals surface area contributed by atoms with Crippen LogP contribution >= 0.6 is 34.8 Å². The molecule has 0 spiro atoms. The Kier molecular flexibility index (Phi) is 4.94. The van der Waals surface area contributed by atoms with E-state index >= 15 is 0 Å². The van der Waals surface area contributed by atoms with Crippen molar-refractivity contribution in [1.82, 2.24) is 0 Å². The summed E-state index contributed by atoms with van der Waals surface area (Å²) < 4.78 is 5.67. The first-order valence-corrected chi connectivity index (χ1v) is 6.85. The summed E-state index contributed by atoms with van der Waals surface area (Å²) in [5, 5.41) is 1.65. The molecule has 0 saturated carbocycles. The van der Waals surface area contributed by atoms with Crippen molar-refractivity contribution < 1.29 is 4.74 Å². The first-order valence-electron chi connectivity index (χ1n) is 5.71. The van der Waals surface area contributed by atoms with E-state index < -0.39 is 0 Å². The Morgan fingerprint density at radius 1 is 0.947 bits per heavy atom. The zero-order valence-electron chi connectivity index (χ0n) is 10.00. The van der Waals surface area contributed by atoms with Crippen molar-refractivity contribution in [2.24, 2.45) is 5.73 Å². The lowest BCUT2D eigenvalue weighted by molar-refractivity contribution is 0.483. The number of rotatable bonds is 4. The van der Waals surface area contributed by atoms with Gasteiger partial charge in [-0.15, -0.1) is 0 Å². The molecule has 0 saturated heterocycles. The first kappa shape index (κ1) is 14.5. The van der Waals surface area contributed by atoms with Gasteiger partial charge in [0.25, 0.3) is 0 Å². The van der Waals surface area contributed by atoms with Gasteiger partial charge in [-0.1, -0.05) is 40.9 Å². The van der Waals surface area contributed by atoms with Gasteiger partial charge in [-0.3, -0.25) is 0 Å². The minimum absolute atomic E-state index is 0.453. The first-order chi connectivity index (χ1) is 9.10. The van der Waals surface area contributed by atoms with Gasteiger partial charge >= 0.3 is 0 Å². The number of hydrogen-bond donors (Lipinski definition) is 1. The molecule has 0 aliphatic rings. The molecule has 0 bridgehead atoms. The van der Waals surface area contributed by atoms with Crippen molar-refractivity contribution in [2.45, 2.75) is 6.42 Å². The molecule has 0 heterocycles. The number of halogens is 3. The maximum Gasteiger partial charge on any atom is 0.146 e. The number of nitrogens with two attached hydrogens (primary N) is 1. The predicted octanol–water partition coefficient (Wildman–Crippen LogP) is 4.94. The Morgan fingerprint density at radius 2 is 1.74 bits per heavy atom. The van der Waals surface area contributed by atoms with Crippen molar-refractivity contribution in [3.8, 4) is 11.5 Å². The highest BCUT2D eigenvalue weighted by Crippen LogP contribution is 2.33. The Hall–Kier alpha value is -0.930. The molecule has 0 amide bonds. The van der Waals surface area contributed by atoms with E-state index in [9.17, 15) is 0 Å². The van der Waals surface area contributed by atoms with Crippen molar-refractivity contribution >= 4 is 34.8 Å². The molecule has 2 N–H and O–H groups in total. The van der Waals surface area contributed by atoms with Gasteiger partial charge < -0.3 is 10.5 Å². The number of hydrogen-bond acceptors (Lipinski definition) is 2. The van der Waals surface area contributed by atoms with Crippen LogP contribution in [-0.2, 0) is 6.42 Å². The fourth-order valence-electron chi connectivity index (χ4n) is 1.63. The van der Waals surface area contributed by atoms with E-state index in [1.165, 1.54) is 0 Å². The van der Waals surface area contributed by atoms with E-state index in [-0.39, 0.29) is 0 Å². The average Bonchev–Trinajstić information content (AvgIpc) is 2.36. The fraction of sp³-hybridized carbons (Fsp3) is 0.143. The molecule has 0 atom stereocenters. The summed E-state index contributed by atoms with van der Waals surface area (Å²) >= 11 is 18.0. The quantitative estimate of drug-likeness (QED) is 0.867. The summed E-state index contributed by atoms with van der Waals surface area (Å²) in [6, 6.07) is 10.5. The van der Waals surface area contributed by atoms with Crippen LogP contribution in [0.15, 0.2) is 36.4 Å². The monoisotopic (exact) mass is 315 g/mol. The average molecular weight is 317 g/mol. The van der Waals surface area contributed by atoms with Gasteiger partial charge in [-0.2, -0.15) is 0 Å². The van der Waals surface area contributed by atoms with Crippen LogP contribution in [0.3, 0.4) is 0 Å². The molecule has 0 unspecified atom stereocenters. The minimum atomic E-state index is 0.453. The lowest BCUT2D eigenvalue weighted by atomic mass is 10.1. The fourth-order valence-corrected chi connectivity index (χ4v) is 2.35. The maximum atomic E-state index is 6.15. The SMILES string of the molecule is NCCc1ccc(Oc2ccc(Cl)cc2Cl)cc1Cl. The molecule has 5 heteroatoms. The third-order valence-corrected chi connectivity index (χ3v) is 3.44. The van der Waals surface area contributed by atoms with Gasteiger partial charge in [0.2, 0.25) is 0 Å². The van der Waals surface area contributed by atoms with Crippen LogP contribution in [0.25, 0.3) is 0 Å². The summed E-state index contributed by atoms with van der Waals surface area (Å²) in [6.45, 7) is 0.558. The molecule has 0 aromatic heterocycles. The predicted molar refractivity (Wildman–Crippen MR) is 80.7 cm³/mol. The second-order valence-electron chi connectivity index (χ2n) is 3.97. The molecule has 0 aliphatic carbocycles. The zero-order chi connectivity index (χ0) is 13.8. The molecular weight excluding hydrogens is 305 g/mol. The molecule has 100 valence electrons. The Morgan fingerprint density at radius 3 is 2.37 bits per heavy atom. The van der Waals surface area contributed by atoms with E-state index in [0.29, 0.717) is 33.1 Å². The van der Waals surface area contributed by atoms with Crippen molar-refractivity contribution in [2.75, 3.05) is 6.54 Å². The van der Waals surface area contributed by atoms with Gasteiger partial charge in [-0.25, -0.2) is 0 Å². The lowest BCUT2D eigenvalue weighted by Crippen LogP contribution is -2.03. The zero-order valence-corrected chi connectivity index (χ0v) is 12.3. The van der Waals surface area contributed by atoms with E-state index in [4.69, 9.17) is 45.3 Å². The van der Waals surface area contributed by atoms with Crippen LogP contribution in [0, 0.1) is 0 Å². The largest absolute Gasteiger partial charge is 0.456 e. The van der Waals surface area contributed by atoms with Crippen LogP contribution in [0.4, 0.5) is 0 Å². The Bertz CT molecular complexity index is 587. The van der Waals surface area contributed by atoms with Gasteiger partial charge in [0.05, 0.1) is 5.02 Å². The second kappa shape index (κ2) is 6.49. The summed E-state index contributed by atoms with van der Waals surface area (Å²) in [5.74, 6) is 1.16. The van der Waals surface area contributed by atoms with Gasteiger partial charge in [0.15, 0.2) is 0 Å². The lowest BCUT2D eigenvalue weighted by Gasteiger charge is -2.10. The minimum Gasteiger partial charge on any atom is -0.456 e. The van der Waals surface area contributed by atoms with Gasteiger partial charge in [-0.05, 0) is 48.9 Å². The molecule has 2 aromatic carbocycles. The highest BCUT2D eigenvalue weighted by Gasteiger charge is 2.06. The van der Waals surface area contributed by atoms with E-state index in [1.807, 2.05) is 12.1 Å². The van der Waals surface area contributed by atoms with Crippen molar-refractivity contribution in [3.63, 3.8) is 0 Å². The van der Waals surface area contributed by atoms with Crippen LogP contribution in [0.1, 0.15) is 5.56 Å². The Balaban J connectivity index is 2.21. The van der Waals surface area contributed by atoms with Crippen LogP contribution in [0.5, 0.6) is 11.5 Å². The smallest absolute Gasteiger partial charge is 0.146 e. The van der Waals surface area contributed by atoms with E-state index in [0.717, 1.165) is 12.0 Å². The van der Waals surface area contributed by atoms with Gasteiger partial charge in [0, 0.05) is 10.0 Å². The summed E-state index contributed by atoms with van der Waals surface area (Å²) in [5.41, 5.74) is 6.50. The molecule has 2 aromatic rings. The van der Waals surface area contributed by atoms with Crippen molar-refractivity contribution in [3.05, 3.63) is 57.0 Å². The highest BCUT2D eigenvalue weighted by molar-refractivity contribution is 6.35. The molecule has 2 rings (SSSR count). The normalized spacial score (nSPS) is 10.5. The number of ether oxygens (including phenoxy) is 1. The molecule has 0 fully saturated rings. The number of benzene rings is 2. The molecule has 0 radical (unpaired) electrons. The molecule has 19 heavy (non-hydrogen) atoms. The van der Waals surface area contributed by atoms with Crippen LogP contribution < -0.4 is 10.5 Å². The summed E-state index contributed by atoms with van der Waals surface area (Å²) in [6.07, 6.45) is 0.737. The van der Waals surface area contributed by atoms with Crippen LogP contribution in [-0.4, -0.2) is 6.54 Å². The highest BCUT2D eigenvalue weighted by atomic mass is 35.5.